The van der Waals surface area contributed by atoms with Crippen LogP contribution in [0.2, 0.25) is 5.02 Å². The standard InChI is InChI=1S/C16H20ClNO3/c1-15(2,3)21-14(20)18-16(8-9-16)13(10-19)11-4-6-12(17)7-5-11/h4-7,10,13H,8-9H2,1-3H3,(H,18,20). The molecule has 0 saturated heterocycles. The SMILES string of the molecule is CC(C)(C)OC(=O)NC1(C(C=O)c2ccc(Cl)cc2)CC1. The molecule has 1 aromatic rings. The van der Waals surface area contributed by atoms with Crippen molar-refractivity contribution in [2.45, 2.75) is 50.7 Å². The van der Waals surface area contributed by atoms with Gasteiger partial charge in [-0.25, -0.2) is 4.79 Å². The Morgan fingerprint density at radius 1 is 1.33 bits per heavy atom. The van der Waals surface area contributed by atoms with E-state index < -0.39 is 17.2 Å². The zero-order valence-corrected chi connectivity index (χ0v) is 13.2. The molecule has 114 valence electrons. The average molecular weight is 310 g/mol. The van der Waals surface area contributed by atoms with Gasteiger partial charge in [0, 0.05) is 5.02 Å². The lowest BCUT2D eigenvalue weighted by molar-refractivity contribution is -0.109. The number of ether oxygens (including phenoxy) is 1. The largest absolute Gasteiger partial charge is 0.444 e. The molecule has 1 aliphatic carbocycles. The molecule has 0 aromatic heterocycles. The Morgan fingerprint density at radius 2 is 1.90 bits per heavy atom. The molecule has 0 heterocycles. The van der Waals surface area contributed by atoms with Gasteiger partial charge in [-0.2, -0.15) is 0 Å². The maximum Gasteiger partial charge on any atom is 0.408 e. The second-order valence-electron chi connectivity index (χ2n) is 6.45. The van der Waals surface area contributed by atoms with Gasteiger partial charge in [0.15, 0.2) is 0 Å². The predicted molar refractivity (Wildman–Crippen MR) is 81.6 cm³/mol. The second kappa shape index (κ2) is 5.68. The van der Waals surface area contributed by atoms with E-state index in [-0.39, 0.29) is 5.92 Å². The summed E-state index contributed by atoms with van der Waals surface area (Å²) in [4.78, 5) is 23.5. The summed E-state index contributed by atoms with van der Waals surface area (Å²) in [5.74, 6) is -0.387. The number of nitrogens with one attached hydrogen (secondary N) is 1. The summed E-state index contributed by atoms with van der Waals surface area (Å²) in [6.45, 7) is 5.42. The Balaban J connectivity index is 2.12. The molecule has 21 heavy (non-hydrogen) atoms. The molecule has 1 atom stereocenters. The van der Waals surface area contributed by atoms with Crippen LogP contribution < -0.4 is 5.32 Å². The third-order valence-corrected chi connectivity index (χ3v) is 3.75. The molecule has 5 heteroatoms. The third kappa shape index (κ3) is 3.97. The summed E-state index contributed by atoms with van der Waals surface area (Å²) in [5.41, 5.74) is -0.238. The maximum atomic E-state index is 11.9. The zero-order valence-electron chi connectivity index (χ0n) is 12.5. The van der Waals surface area contributed by atoms with Gasteiger partial charge in [0.05, 0.1) is 11.5 Å². The van der Waals surface area contributed by atoms with Crippen molar-refractivity contribution in [3.8, 4) is 0 Å². The van der Waals surface area contributed by atoms with Crippen LogP contribution >= 0.6 is 11.6 Å². The minimum Gasteiger partial charge on any atom is -0.444 e. The van der Waals surface area contributed by atoms with E-state index in [0.717, 1.165) is 24.7 Å². The molecule has 1 unspecified atom stereocenters. The molecule has 1 aliphatic rings. The van der Waals surface area contributed by atoms with Crippen LogP contribution in [0.15, 0.2) is 24.3 Å². The predicted octanol–water partition coefficient (Wildman–Crippen LogP) is 3.68. The Labute approximate surface area is 129 Å². The molecular weight excluding hydrogens is 290 g/mol. The van der Waals surface area contributed by atoms with Crippen LogP contribution in [0.5, 0.6) is 0 Å². The smallest absolute Gasteiger partial charge is 0.408 e. The van der Waals surface area contributed by atoms with Crippen molar-refractivity contribution < 1.29 is 14.3 Å². The highest BCUT2D eigenvalue weighted by Gasteiger charge is 2.51. The van der Waals surface area contributed by atoms with E-state index in [4.69, 9.17) is 16.3 Å². The Hall–Kier alpha value is -1.55. The molecule has 1 fully saturated rings. The molecule has 2 rings (SSSR count). The van der Waals surface area contributed by atoms with Gasteiger partial charge >= 0.3 is 6.09 Å². The lowest BCUT2D eigenvalue weighted by Crippen LogP contribution is -2.44. The lowest BCUT2D eigenvalue weighted by atomic mass is 9.90. The van der Waals surface area contributed by atoms with Gasteiger partial charge < -0.3 is 14.8 Å². The van der Waals surface area contributed by atoms with Gasteiger partial charge in [-0.05, 0) is 51.3 Å². The summed E-state index contributed by atoms with van der Waals surface area (Å²) in [7, 11) is 0. The number of halogens is 1. The Bertz CT molecular complexity index is 529. The molecular formula is C16H20ClNO3. The third-order valence-electron chi connectivity index (χ3n) is 3.50. The van der Waals surface area contributed by atoms with Crippen molar-refractivity contribution in [3.63, 3.8) is 0 Å². The molecule has 0 radical (unpaired) electrons. The summed E-state index contributed by atoms with van der Waals surface area (Å²) >= 11 is 5.87. The van der Waals surface area contributed by atoms with Crippen LogP contribution in [0.4, 0.5) is 4.79 Å². The normalized spacial score (nSPS) is 17.7. The van der Waals surface area contributed by atoms with Crippen molar-refractivity contribution >= 4 is 24.0 Å². The number of rotatable bonds is 4. The number of hydrogen-bond acceptors (Lipinski definition) is 3. The number of carbonyl (C=O) groups is 2. The number of amides is 1. The van der Waals surface area contributed by atoms with Crippen molar-refractivity contribution in [3.05, 3.63) is 34.9 Å². The van der Waals surface area contributed by atoms with Crippen LogP contribution in [0.3, 0.4) is 0 Å². The first-order valence-corrected chi connectivity index (χ1v) is 7.35. The summed E-state index contributed by atoms with van der Waals surface area (Å²) < 4.78 is 5.28. The van der Waals surface area contributed by atoms with Gasteiger partial charge in [-0.15, -0.1) is 0 Å². The van der Waals surface area contributed by atoms with E-state index in [9.17, 15) is 9.59 Å². The van der Waals surface area contributed by atoms with Crippen LogP contribution in [0, 0.1) is 0 Å². The summed E-state index contributed by atoms with van der Waals surface area (Å²) in [6, 6.07) is 7.13. The highest BCUT2D eigenvalue weighted by atomic mass is 35.5. The number of benzene rings is 1. The van der Waals surface area contributed by atoms with E-state index >= 15 is 0 Å². The zero-order chi connectivity index (χ0) is 15.7. The molecule has 1 N–H and O–H groups in total. The number of hydrogen-bond donors (Lipinski definition) is 1. The Morgan fingerprint density at radius 3 is 2.33 bits per heavy atom. The highest BCUT2D eigenvalue weighted by molar-refractivity contribution is 6.30. The molecule has 0 bridgehead atoms. The van der Waals surface area contributed by atoms with E-state index in [1.54, 1.807) is 12.1 Å². The molecule has 1 aromatic carbocycles. The molecule has 0 spiro atoms. The van der Waals surface area contributed by atoms with Gasteiger partial charge in [0.2, 0.25) is 0 Å². The minimum atomic E-state index is -0.558. The quantitative estimate of drug-likeness (QED) is 0.863. The Kier molecular flexibility index (Phi) is 4.28. The molecule has 1 amide bonds. The maximum absolute atomic E-state index is 11.9. The van der Waals surface area contributed by atoms with E-state index in [0.29, 0.717) is 5.02 Å². The van der Waals surface area contributed by atoms with Gasteiger partial charge in [0.25, 0.3) is 0 Å². The number of aldehydes is 1. The van der Waals surface area contributed by atoms with Crippen molar-refractivity contribution in [2.24, 2.45) is 0 Å². The summed E-state index contributed by atoms with van der Waals surface area (Å²) in [6.07, 6.45) is 1.92. The van der Waals surface area contributed by atoms with Crippen molar-refractivity contribution in [2.75, 3.05) is 0 Å². The monoisotopic (exact) mass is 309 g/mol. The molecule has 1 saturated carbocycles. The fraction of sp³-hybridized carbons (Fsp3) is 0.500. The topological polar surface area (TPSA) is 55.4 Å². The first-order valence-electron chi connectivity index (χ1n) is 6.98. The van der Waals surface area contributed by atoms with Crippen LogP contribution in [0.25, 0.3) is 0 Å². The number of alkyl carbamates (subject to hydrolysis) is 1. The first-order chi connectivity index (χ1) is 9.76. The van der Waals surface area contributed by atoms with E-state index in [2.05, 4.69) is 5.32 Å². The lowest BCUT2D eigenvalue weighted by Gasteiger charge is -2.27. The van der Waals surface area contributed by atoms with Gasteiger partial charge in [-0.3, -0.25) is 0 Å². The van der Waals surface area contributed by atoms with Crippen LogP contribution in [-0.4, -0.2) is 23.5 Å². The van der Waals surface area contributed by atoms with Gasteiger partial charge in [0.1, 0.15) is 11.9 Å². The molecule has 4 nitrogen and oxygen atoms in total. The molecule has 0 aliphatic heterocycles. The van der Waals surface area contributed by atoms with E-state index in [1.807, 2.05) is 32.9 Å². The fourth-order valence-electron chi connectivity index (χ4n) is 2.35. The average Bonchev–Trinajstić information content (AvgIpc) is 3.10. The highest BCUT2D eigenvalue weighted by Crippen LogP contribution is 2.46. The summed E-state index contributed by atoms with van der Waals surface area (Å²) in [5, 5.41) is 3.48. The fourth-order valence-corrected chi connectivity index (χ4v) is 2.48. The van der Waals surface area contributed by atoms with Gasteiger partial charge in [-0.1, -0.05) is 23.7 Å². The van der Waals surface area contributed by atoms with Crippen LogP contribution in [0.1, 0.15) is 45.1 Å². The number of carbonyl (C=O) groups excluding carboxylic acids is 2. The van der Waals surface area contributed by atoms with Crippen molar-refractivity contribution in [1.82, 2.24) is 5.32 Å². The van der Waals surface area contributed by atoms with E-state index in [1.165, 1.54) is 0 Å². The minimum absolute atomic E-state index is 0.387. The van der Waals surface area contributed by atoms with Crippen LogP contribution in [-0.2, 0) is 9.53 Å². The second-order valence-corrected chi connectivity index (χ2v) is 6.88. The first kappa shape index (κ1) is 15.8. The van der Waals surface area contributed by atoms with Crippen molar-refractivity contribution in [1.29, 1.82) is 0 Å².